The smallest absolute Gasteiger partial charge is 0.137 e. The molecule has 1 nitrogen and oxygen atoms in total. The van der Waals surface area contributed by atoms with Crippen molar-refractivity contribution in [1.82, 2.24) is 5.32 Å². The molecule has 1 heterocycles. The SMILES string of the molecule is Cl.Fc1cccc([C@@H]2CCN2)c1Br. The zero-order valence-corrected chi connectivity index (χ0v) is 9.29. The van der Waals surface area contributed by atoms with Crippen LogP contribution < -0.4 is 5.32 Å². The Morgan fingerprint density at radius 1 is 1.46 bits per heavy atom. The molecule has 1 aliphatic rings. The van der Waals surface area contributed by atoms with Crippen LogP contribution in [0.4, 0.5) is 4.39 Å². The normalized spacial score (nSPS) is 20.3. The van der Waals surface area contributed by atoms with Crippen LogP contribution in [0.25, 0.3) is 0 Å². The van der Waals surface area contributed by atoms with Crippen molar-refractivity contribution in [2.45, 2.75) is 12.5 Å². The highest BCUT2D eigenvalue weighted by molar-refractivity contribution is 9.10. The van der Waals surface area contributed by atoms with Gasteiger partial charge >= 0.3 is 0 Å². The predicted molar refractivity (Wildman–Crippen MR) is 56.7 cm³/mol. The van der Waals surface area contributed by atoms with Crippen LogP contribution in [-0.2, 0) is 0 Å². The number of rotatable bonds is 1. The summed E-state index contributed by atoms with van der Waals surface area (Å²) in [5, 5.41) is 3.23. The maximum atomic E-state index is 13.0. The second-order valence-electron chi connectivity index (χ2n) is 2.94. The zero-order chi connectivity index (χ0) is 8.55. The Morgan fingerprint density at radius 3 is 2.69 bits per heavy atom. The van der Waals surface area contributed by atoms with E-state index in [2.05, 4.69) is 21.2 Å². The van der Waals surface area contributed by atoms with E-state index in [9.17, 15) is 4.39 Å². The minimum Gasteiger partial charge on any atom is -0.310 e. The summed E-state index contributed by atoms with van der Waals surface area (Å²) in [5.41, 5.74) is 1.03. The molecule has 1 aromatic rings. The molecule has 4 heteroatoms. The topological polar surface area (TPSA) is 12.0 Å². The standard InChI is InChI=1S/C9H9BrFN.ClH/c10-9-6(8-4-5-12-8)2-1-3-7(9)11;/h1-3,8,12H,4-5H2;1H/t8-;/m0./s1. The summed E-state index contributed by atoms with van der Waals surface area (Å²) in [7, 11) is 0. The highest BCUT2D eigenvalue weighted by Gasteiger charge is 2.21. The van der Waals surface area contributed by atoms with E-state index in [0.717, 1.165) is 18.5 Å². The largest absolute Gasteiger partial charge is 0.310 e. The van der Waals surface area contributed by atoms with Gasteiger partial charge in [-0.2, -0.15) is 0 Å². The monoisotopic (exact) mass is 265 g/mol. The Balaban J connectivity index is 0.000000845. The van der Waals surface area contributed by atoms with Crippen molar-refractivity contribution < 1.29 is 4.39 Å². The second kappa shape index (κ2) is 4.40. The summed E-state index contributed by atoms with van der Waals surface area (Å²) in [6, 6.07) is 5.50. The lowest BCUT2D eigenvalue weighted by atomic mass is 9.98. The van der Waals surface area contributed by atoms with Gasteiger partial charge in [-0.1, -0.05) is 12.1 Å². The average molecular weight is 267 g/mol. The first-order chi connectivity index (χ1) is 5.79. The van der Waals surface area contributed by atoms with Gasteiger partial charge in [0.25, 0.3) is 0 Å². The molecule has 2 rings (SSSR count). The number of hydrogen-bond acceptors (Lipinski definition) is 1. The van der Waals surface area contributed by atoms with Gasteiger partial charge in [0, 0.05) is 6.04 Å². The summed E-state index contributed by atoms with van der Waals surface area (Å²) >= 11 is 3.24. The molecule has 0 aromatic heterocycles. The third-order valence-corrected chi connectivity index (χ3v) is 3.02. The van der Waals surface area contributed by atoms with Crippen LogP contribution in [0.1, 0.15) is 18.0 Å². The molecule has 0 radical (unpaired) electrons. The molecule has 0 amide bonds. The molecule has 0 aliphatic carbocycles. The Kier molecular flexibility index (Phi) is 3.71. The van der Waals surface area contributed by atoms with E-state index in [-0.39, 0.29) is 18.2 Å². The van der Waals surface area contributed by atoms with Crippen molar-refractivity contribution in [2.75, 3.05) is 6.54 Å². The van der Waals surface area contributed by atoms with E-state index < -0.39 is 0 Å². The molecule has 0 bridgehead atoms. The first kappa shape index (κ1) is 11.0. The number of halogens is 3. The molecule has 0 unspecified atom stereocenters. The third kappa shape index (κ3) is 2.03. The molecule has 1 aliphatic heterocycles. The van der Waals surface area contributed by atoms with Crippen LogP contribution in [0, 0.1) is 5.82 Å². The summed E-state index contributed by atoms with van der Waals surface area (Å²) in [6.07, 6.45) is 1.10. The van der Waals surface area contributed by atoms with Crippen LogP contribution >= 0.6 is 28.3 Å². The van der Waals surface area contributed by atoms with Crippen LogP contribution in [0.2, 0.25) is 0 Å². The van der Waals surface area contributed by atoms with E-state index in [4.69, 9.17) is 0 Å². The first-order valence-electron chi connectivity index (χ1n) is 3.96. The van der Waals surface area contributed by atoms with Crippen LogP contribution in [0.5, 0.6) is 0 Å². The van der Waals surface area contributed by atoms with Gasteiger partial charge in [-0.15, -0.1) is 12.4 Å². The van der Waals surface area contributed by atoms with Crippen molar-refractivity contribution in [3.8, 4) is 0 Å². The minimum absolute atomic E-state index is 0. The molecule has 1 fully saturated rings. The molecule has 1 atom stereocenters. The van der Waals surface area contributed by atoms with Gasteiger partial charge < -0.3 is 5.32 Å². The Hall–Kier alpha value is -0.120. The van der Waals surface area contributed by atoms with Gasteiger partial charge in [-0.05, 0) is 40.5 Å². The van der Waals surface area contributed by atoms with E-state index >= 15 is 0 Å². The molecule has 1 N–H and O–H groups in total. The van der Waals surface area contributed by atoms with Crippen LogP contribution in [0.15, 0.2) is 22.7 Å². The molecule has 1 aromatic carbocycles. The van der Waals surface area contributed by atoms with E-state index in [1.165, 1.54) is 6.07 Å². The maximum Gasteiger partial charge on any atom is 0.137 e. The van der Waals surface area contributed by atoms with Gasteiger partial charge in [-0.25, -0.2) is 4.39 Å². The number of benzene rings is 1. The molecule has 72 valence electrons. The fourth-order valence-corrected chi connectivity index (χ4v) is 1.88. The van der Waals surface area contributed by atoms with Gasteiger partial charge in [0.1, 0.15) is 5.82 Å². The summed E-state index contributed by atoms with van der Waals surface area (Å²) in [5.74, 6) is -0.179. The first-order valence-corrected chi connectivity index (χ1v) is 4.75. The number of nitrogens with one attached hydrogen (secondary N) is 1. The summed E-state index contributed by atoms with van der Waals surface area (Å²) < 4.78 is 13.6. The lowest BCUT2D eigenvalue weighted by molar-refractivity contribution is 0.380. The zero-order valence-electron chi connectivity index (χ0n) is 6.89. The average Bonchev–Trinajstić information content (AvgIpc) is 1.95. The van der Waals surface area contributed by atoms with Gasteiger partial charge in [-0.3, -0.25) is 0 Å². The van der Waals surface area contributed by atoms with Crippen molar-refractivity contribution in [3.05, 3.63) is 34.1 Å². The highest BCUT2D eigenvalue weighted by Crippen LogP contribution is 2.30. The van der Waals surface area contributed by atoms with Crippen molar-refractivity contribution in [2.24, 2.45) is 0 Å². The highest BCUT2D eigenvalue weighted by atomic mass is 79.9. The molecule has 13 heavy (non-hydrogen) atoms. The maximum absolute atomic E-state index is 13.0. The third-order valence-electron chi connectivity index (χ3n) is 2.18. The van der Waals surface area contributed by atoms with Crippen LogP contribution in [0.3, 0.4) is 0 Å². The van der Waals surface area contributed by atoms with Crippen molar-refractivity contribution in [3.63, 3.8) is 0 Å². The van der Waals surface area contributed by atoms with Gasteiger partial charge in [0.05, 0.1) is 4.47 Å². The Morgan fingerprint density at radius 2 is 2.15 bits per heavy atom. The fraction of sp³-hybridized carbons (Fsp3) is 0.333. The fourth-order valence-electron chi connectivity index (χ4n) is 1.34. The van der Waals surface area contributed by atoms with Crippen LogP contribution in [-0.4, -0.2) is 6.54 Å². The summed E-state index contributed by atoms with van der Waals surface area (Å²) in [6.45, 7) is 1.04. The molecule has 0 saturated carbocycles. The molecule has 0 spiro atoms. The number of hydrogen-bond donors (Lipinski definition) is 1. The van der Waals surface area contributed by atoms with Gasteiger partial charge in [0.2, 0.25) is 0 Å². The van der Waals surface area contributed by atoms with E-state index in [1.54, 1.807) is 6.07 Å². The van der Waals surface area contributed by atoms with Gasteiger partial charge in [0.15, 0.2) is 0 Å². The predicted octanol–water partition coefficient (Wildman–Crippen LogP) is 3.04. The van der Waals surface area contributed by atoms with E-state index in [0.29, 0.717) is 10.5 Å². The molecule has 1 saturated heterocycles. The van der Waals surface area contributed by atoms with E-state index in [1.807, 2.05) is 6.07 Å². The second-order valence-corrected chi connectivity index (χ2v) is 3.73. The Bertz CT molecular complexity index is 302. The Labute approximate surface area is 91.3 Å². The lowest BCUT2D eigenvalue weighted by Gasteiger charge is -2.28. The molecular formula is C9H10BrClFN. The van der Waals surface area contributed by atoms with Crippen molar-refractivity contribution in [1.29, 1.82) is 0 Å². The molecular weight excluding hydrogens is 256 g/mol. The quantitative estimate of drug-likeness (QED) is 0.824. The summed E-state index contributed by atoms with van der Waals surface area (Å²) in [4.78, 5) is 0. The minimum atomic E-state index is -0.179. The van der Waals surface area contributed by atoms with Crippen molar-refractivity contribution >= 4 is 28.3 Å². The lowest BCUT2D eigenvalue weighted by Crippen LogP contribution is -2.35.